The number of hydrogen-bond donors (Lipinski definition) is 1. The molecule has 0 saturated carbocycles. The van der Waals surface area contributed by atoms with E-state index in [2.05, 4.69) is 5.32 Å². The van der Waals surface area contributed by atoms with Crippen molar-refractivity contribution in [3.63, 3.8) is 0 Å². The fraction of sp³-hybridized carbons (Fsp3) is 0.207. The van der Waals surface area contributed by atoms with Crippen molar-refractivity contribution in [2.45, 2.75) is 34.1 Å². The van der Waals surface area contributed by atoms with Crippen LogP contribution in [0, 0.1) is 27.7 Å². The van der Waals surface area contributed by atoms with Gasteiger partial charge in [-0.3, -0.25) is 9.59 Å². The van der Waals surface area contributed by atoms with Crippen LogP contribution < -0.4 is 10.2 Å². The molecule has 1 aromatic heterocycles. The molecule has 3 aromatic carbocycles. The van der Waals surface area contributed by atoms with Gasteiger partial charge in [0.2, 0.25) is 0 Å². The first-order valence-electron chi connectivity index (χ1n) is 11.7. The second-order valence-electron chi connectivity index (χ2n) is 8.96. The first kappa shape index (κ1) is 23.0. The van der Waals surface area contributed by atoms with Gasteiger partial charge in [-0.2, -0.15) is 0 Å². The largest absolute Gasteiger partial charge is 0.322 e. The SMILES string of the molecule is Cc1nc2c(s1)CCN(C(=O)c1ccc(NC(=O)c3cccc(C)c3C)cc1C)c1ccccc1-2. The summed E-state index contributed by atoms with van der Waals surface area (Å²) in [6.45, 7) is 8.47. The van der Waals surface area contributed by atoms with E-state index in [9.17, 15) is 9.59 Å². The molecular weight excluding hydrogens is 454 g/mol. The zero-order valence-electron chi connectivity index (χ0n) is 20.3. The Morgan fingerprint density at radius 1 is 0.914 bits per heavy atom. The van der Waals surface area contributed by atoms with E-state index in [-0.39, 0.29) is 11.8 Å². The van der Waals surface area contributed by atoms with Gasteiger partial charge in [0, 0.05) is 40.2 Å². The van der Waals surface area contributed by atoms with E-state index in [1.807, 2.05) is 87.2 Å². The number of nitrogens with zero attached hydrogens (tertiary/aromatic N) is 2. The highest BCUT2D eigenvalue weighted by molar-refractivity contribution is 7.12. The van der Waals surface area contributed by atoms with E-state index in [4.69, 9.17) is 4.98 Å². The number of thiazole rings is 1. The maximum absolute atomic E-state index is 13.7. The van der Waals surface area contributed by atoms with Crippen molar-refractivity contribution in [1.29, 1.82) is 0 Å². The van der Waals surface area contributed by atoms with Gasteiger partial charge in [0.15, 0.2) is 0 Å². The molecule has 0 bridgehead atoms. The number of amides is 2. The van der Waals surface area contributed by atoms with Crippen LogP contribution in [0.3, 0.4) is 0 Å². The van der Waals surface area contributed by atoms with E-state index in [0.717, 1.165) is 45.1 Å². The average Bonchev–Trinajstić information content (AvgIpc) is 3.14. The number of benzene rings is 3. The van der Waals surface area contributed by atoms with Gasteiger partial charge in [0.25, 0.3) is 11.8 Å². The second-order valence-corrected chi connectivity index (χ2v) is 10.2. The van der Waals surface area contributed by atoms with Crippen molar-refractivity contribution in [2.24, 2.45) is 0 Å². The van der Waals surface area contributed by atoms with Crippen molar-refractivity contribution >= 4 is 34.5 Å². The van der Waals surface area contributed by atoms with E-state index in [1.165, 1.54) is 4.88 Å². The number of hydrogen-bond acceptors (Lipinski definition) is 4. The first-order valence-corrected chi connectivity index (χ1v) is 12.5. The van der Waals surface area contributed by atoms with Crippen LogP contribution in [-0.4, -0.2) is 23.3 Å². The van der Waals surface area contributed by atoms with Gasteiger partial charge in [-0.1, -0.05) is 30.3 Å². The van der Waals surface area contributed by atoms with Crippen LogP contribution in [0.25, 0.3) is 11.3 Å². The lowest BCUT2D eigenvalue weighted by molar-refractivity contribution is 0.0985. The predicted molar refractivity (Wildman–Crippen MR) is 143 cm³/mol. The van der Waals surface area contributed by atoms with E-state index < -0.39 is 0 Å². The minimum atomic E-state index is -0.153. The fourth-order valence-corrected chi connectivity index (χ4v) is 5.56. The van der Waals surface area contributed by atoms with Crippen LogP contribution in [0.15, 0.2) is 60.7 Å². The lowest BCUT2D eigenvalue weighted by Gasteiger charge is -2.24. The van der Waals surface area contributed by atoms with Crippen molar-refractivity contribution in [3.8, 4) is 11.3 Å². The number of para-hydroxylation sites is 1. The number of fused-ring (bicyclic) bond motifs is 3. The van der Waals surface area contributed by atoms with Gasteiger partial charge < -0.3 is 10.2 Å². The number of rotatable bonds is 3. The van der Waals surface area contributed by atoms with Gasteiger partial charge in [-0.05, 0) is 74.7 Å². The lowest BCUT2D eigenvalue weighted by Crippen LogP contribution is -2.33. The highest BCUT2D eigenvalue weighted by Gasteiger charge is 2.27. The molecule has 1 aliphatic rings. The number of aryl methyl sites for hydroxylation is 3. The Labute approximate surface area is 209 Å². The zero-order valence-corrected chi connectivity index (χ0v) is 21.1. The molecule has 0 unspecified atom stereocenters. The Bertz CT molecular complexity index is 1470. The standard InChI is InChI=1S/C29H27N3O2S/c1-17-8-7-10-23(19(17)3)28(33)31-21-12-13-22(18(2)16-21)29(34)32-15-14-26-27(30-20(4)35-26)24-9-5-6-11-25(24)32/h5-13,16H,14-15H2,1-4H3,(H,31,33). The number of anilines is 2. The Balaban J connectivity index is 1.42. The molecule has 1 aliphatic heterocycles. The molecule has 0 atom stereocenters. The summed E-state index contributed by atoms with van der Waals surface area (Å²) in [7, 11) is 0. The first-order chi connectivity index (χ1) is 16.8. The predicted octanol–water partition coefficient (Wildman–Crippen LogP) is 6.50. The fourth-order valence-electron chi connectivity index (χ4n) is 4.63. The van der Waals surface area contributed by atoms with E-state index in [1.54, 1.807) is 17.4 Å². The van der Waals surface area contributed by atoms with Crippen LogP contribution in [-0.2, 0) is 6.42 Å². The molecule has 2 heterocycles. The third kappa shape index (κ3) is 4.26. The van der Waals surface area contributed by atoms with Gasteiger partial charge in [-0.15, -0.1) is 11.3 Å². The molecule has 4 aromatic rings. The summed E-state index contributed by atoms with van der Waals surface area (Å²) < 4.78 is 0. The van der Waals surface area contributed by atoms with E-state index >= 15 is 0 Å². The molecule has 5 nitrogen and oxygen atoms in total. The number of nitrogens with one attached hydrogen (secondary N) is 1. The maximum Gasteiger partial charge on any atom is 0.258 e. The summed E-state index contributed by atoms with van der Waals surface area (Å²) >= 11 is 1.70. The van der Waals surface area contributed by atoms with Crippen molar-refractivity contribution in [2.75, 3.05) is 16.8 Å². The topological polar surface area (TPSA) is 62.3 Å². The Morgan fingerprint density at radius 3 is 2.51 bits per heavy atom. The smallest absolute Gasteiger partial charge is 0.258 e. The van der Waals surface area contributed by atoms with Gasteiger partial charge >= 0.3 is 0 Å². The molecule has 0 radical (unpaired) electrons. The van der Waals surface area contributed by atoms with Gasteiger partial charge in [-0.25, -0.2) is 4.98 Å². The van der Waals surface area contributed by atoms with Crippen LogP contribution in [0.5, 0.6) is 0 Å². The van der Waals surface area contributed by atoms with Gasteiger partial charge in [0.1, 0.15) is 0 Å². The van der Waals surface area contributed by atoms with E-state index in [0.29, 0.717) is 23.4 Å². The van der Waals surface area contributed by atoms with Crippen molar-refractivity contribution < 1.29 is 9.59 Å². The third-order valence-corrected chi connectivity index (χ3v) is 7.66. The van der Waals surface area contributed by atoms with Crippen LogP contribution in [0.2, 0.25) is 0 Å². The molecule has 176 valence electrons. The maximum atomic E-state index is 13.7. The minimum Gasteiger partial charge on any atom is -0.322 e. The molecule has 5 rings (SSSR count). The normalized spacial score (nSPS) is 12.5. The molecule has 6 heteroatoms. The Kier molecular flexibility index (Phi) is 5.99. The quantitative estimate of drug-likeness (QED) is 0.363. The van der Waals surface area contributed by atoms with Crippen molar-refractivity contribution in [3.05, 3.63) is 98.4 Å². The molecule has 35 heavy (non-hydrogen) atoms. The average molecular weight is 482 g/mol. The molecule has 0 saturated heterocycles. The lowest BCUT2D eigenvalue weighted by atomic mass is 10.0. The minimum absolute atomic E-state index is 0.0470. The monoisotopic (exact) mass is 481 g/mol. The van der Waals surface area contributed by atoms with Crippen LogP contribution >= 0.6 is 11.3 Å². The Hall–Kier alpha value is -3.77. The summed E-state index contributed by atoms with van der Waals surface area (Å²) in [5.74, 6) is -0.200. The molecule has 2 amide bonds. The Morgan fingerprint density at radius 2 is 1.71 bits per heavy atom. The van der Waals surface area contributed by atoms with Gasteiger partial charge in [0.05, 0.1) is 16.4 Å². The molecule has 0 fully saturated rings. The zero-order chi connectivity index (χ0) is 24.7. The van der Waals surface area contributed by atoms with Crippen LogP contribution in [0.1, 0.15) is 47.3 Å². The molecule has 0 spiro atoms. The summed E-state index contributed by atoms with van der Waals surface area (Å²) in [6, 6.07) is 19.2. The number of carbonyl (C=O) groups is 2. The summed E-state index contributed by atoms with van der Waals surface area (Å²) in [6.07, 6.45) is 0.768. The second kappa shape index (κ2) is 9.12. The third-order valence-electron chi connectivity index (χ3n) is 6.63. The summed E-state index contributed by atoms with van der Waals surface area (Å²) in [5.41, 5.74) is 7.67. The summed E-state index contributed by atoms with van der Waals surface area (Å²) in [5, 5.41) is 4.02. The highest BCUT2D eigenvalue weighted by Crippen LogP contribution is 2.39. The number of aromatic nitrogens is 1. The van der Waals surface area contributed by atoms with Crippen molar-refractivity contribution in [1.82, 2.24) is 4.98 Å². The molecule has 1 N–H and O–H groups in total. The molecule has 0 aliphatic carbocycles. The molecular formula is C29H27N3O2S. The number of carbonyl (C=O) groups excluding carboxylic acids is 2. The summed E-state index contributed by atoms with van der Waals surface area (Å²) in [4.78, 5) is 34.4. The van der Waals surface area contributed by atoms with Crippen LogP contribution in [0.4, 0.5) is 11.4 Å². The highest BCUT2D eigenvalue weighted by atomic mass is 32.1.